The third-order valence-corrected chi connectivity index (χ3v) is 10.2. The number of para-hydroxylation sites is 1. The molecule has 0 amide bonds. The summed E-state index contributed by atoms with van der Waals surface area (Å²) in [6, 6.07) is 59.1. The van der Waals surface area contributed by atoms with Crippen LogP contribution in [0.1, 0.15) is 0 Å². The second-order valence-electron chi connectivity index (χ2n) is 13.2. The highest BCUT2D eigenvalue weighted by atomic mass is 16.5. The zero-order valence-corrected chi connectivity index (χ0v) is 27.9. The molecule has 1 aliphatic heterocycles. The quantitative estimate of drug-likeness (QED) is 0.188. The molecule has 52 heavy (non-hydrogen) atoms. The van der Waals surface area contributed by atoms with Gasteiger partial charge in [-0.15, -0.1) is 0 Å². The highest BCUT2D eigenvalue weighted by Crippen LogP contribution is 2.49. The molecular formula is C47H28N4O. The first kappa shape index (κ1) is 28.7. The fraction of sp³-hybridized carbons (Fsp3) is 0. The van der Waals surface area contributed by atoms with Crippen LogP contribution in [0.15, 0.2) is 170 Å². The van der Waals surface area contributed by atoms with Gasteiger partial charge in [-0.3, -0.25) is 0 Å². The summed E-state index contributed by atoms with van der Waals surface area (Å²) in [5.74, 6) is 3.54. The minimum Gasteiger partial charge on any atom is -0.456 e. The van der Waals surface area contributed by atoms with Crippen LogP contribution in [0.3, 0.4) is 0 Å². The minimum absolute atomic E-state index is 0.622. The number of aromatic nitrogens is 4. The summed E-state index contributed by atoms with van der Waals surface area (Å²) >= 11 is 0. The molecular weight excluding hydrogens is 637 g/mol. The van der Waals surface area contributed by atoms with E-state index in [-0.39, 0.29) is 0 Å². The Morgan fingerprint density at radius 1 is 0.385 bits per heavy atom. The summed E-state index contributed by atoms with van der Waals surface area (Å²) < 4.78 is 9.15. The predicted molar refractivity (Wildman–Crippen MR) is 211 cm³/mol. The largest absolute Gasteiger partial charge is 0.456 e. The van der Waals surface area contributed by atoms with Gasteiger partial charge in [0, 0.05) is 50.2 Å². The molecule has 0 N–H and O–H groups in total. The maximum atomic E-state index is 6.79. The number of ether oxygens (including phenoxy) is 1. The average Bonchev–Trinajstić information content (AvgIpc) is 3.53. The Labute approximate surface area is 299 Å². The van der Waals surface area contributed by atoms with E-state index < -0.39 is 0 Å². The first-order valence-corrected chi connectivity index (χ1v) is 17.4. The summed E-state index contributed by atoms with van der Waals surface area (Å²) in [6.07, 6.45) is 0. The van der Waals surface area contributed by atoms with Gasteiger partial charge in [-0.1, -0.05) is 121 Å². The number of benzene rings is 8. The van der Waals surface area contributed by atoms with Gasteiger partial charge in [-0.05, 0) is 64.2 Å². The van der Waals surface area contributed by atoms with E-state index in [2.05, 4.69) is 114 Å². The number of rotatable bonds is 4. The molecule has 242 valence electrons. The van der Waals surface area contributed by atoms with Crippen molar-refractivity contribution < 1.29 is 4.74 Å². The van der Waals surface area contributed by atoms with Crippen molar-refractivity contribution in [2.45, 2.75) is 0 Å². The second kappa shape index (κ2) is 11.2. The number of nitrogens with zero attached hydrogens (tertiary/aromatic N) is 4. The van der Waals surface area contributed by atoms with Gasteiger partial charge in [0.1, 0.15) is 11.5 Å². The van der Waals surface area contributed by atoms with Gasteiger partial charge >= 0.3 is 0 Å². The van der Waals surface area contributed by atoms with Crippen LogP contribution < -0.4 is 4.74 Å². The molecule has 0 atom stereocenters. The molecule has 0 fully saturated rings. The molecule has 1 aliphatic rings. The standard InChI is InChI=1S/C47H28N4O/c1-3-12-29(13-4-1)45-48-46(30-14-5-2-6-15-30)50-47(49-45)38-24-25-42-44-36(19-11-20-37(38)44)35-23-22-33(28-43(35)52-42)51-40-21-10-9-18-34(40)39-26-31-16-7-8-17-32(31)27-41(39)51/h1-28H. The topological polar surface area (TPSA) is 52.8 Å². The van der Waals surface area contributed by atoms with Crippen LogP contribution in [0, 0.1) is 0 Å². The maximum absolute atomic E-state index is 6.79. The van der Waals surface area contributed by atoms with Crippen LogP contribution in [-0.4, -0.2) is 19.5 Å². The lowest BCUT2D eigenvalue weighted by Gasteiger charge is -2.23. The first-order chi connectivity index (χ1) is 25.8. The van der Waals surface area contributed by atoms with Gasteiger partial charge in [0.2, 0.25) is 0 Å². The maximum Gasteiger partial charge on any atom is 0.164 e. The van der Waals surface area contributed by atoms with Crippen LogP contribution in [0.5, 0.6) is 11.5 Å². The number of hydrogen-bond acceptors (Lipinski definition) is 4. The Morgan fingerprint density at radius 3 is 1.79 bits per heavy atom. The average molecular weight is 665 g/mol. The first-order valence-electron chi connectivity index (χ1n) is 17.4. The molecule has 10 aromatic rings. The van der Waals surface area contributed by atoms with E-state index in [0.29, 0.717) is 17.5 Å². The lowest BCUT2D eigenvalue weighted by Crippen LogP contribution is -2.03. The molecule has 0 saturated heterocycles. The van der Waals surface area contributed by atoms with E-state index in [4.69, 9.17) is 19.7 Å². The van der Waals surface area contributed by atoms with Gasteiger partial charge in [0.25, 0.3) is 0 Å². The molecule has 0 bridgehead atoms. The minimum atomic E-state index is 0.622. The molecule has 0 aliphatic carbocycles. The molecule has 5 heteroatoms. The SMILES string of the molecule is c1ccc(-c2nc(-c3ccccc3)nc(-c3ccc4c5c(cccc35)-c3ccc(-n5c6ccccc6c6cc7ccccc7cc65)cc3O4)n2)cc1. The van der Waals surface area contributed by atoms with Gasteiger partial charge < -0.3 is 9.30 Å². The fourth-order valence-electron chi connectivity index (χ4n) is 7.82. The van der Waals surface area contributed by atoms with Gasteiger partial charge in [-0.25, -0.2) is 15.0 Å². The summed E-state index contributed by atoms with van der Waals surface area (Å²) in [4.78, 5) is 15.0. The van der Waals surface area contributed by atoms with Gasteiger partial charge in [0.05, 0.1) is 11.0 Å². The third kappa shape index (κ3) is 4.39. The molecule has 0 unspecified atom stereocenters. The Morgan fingerprint density at radius 2 is 1.02 bits per heavy atom. The van der Waals surface area contributed by atoms with Crippen LogP contribution >= 0.6 is 0 Å². The van der Waals surface area contributed by atoms with Crippen molar-refractivity contribution in [2.75, 3.05) is 0 Å². The van der Waals surface area contributed by atoms with E-state index >= 15 is 0 Å². The fourth-order valence-corrected chi connectivity index (χ4v) is 7.82. The molecule has 0 spiro atoms. The summed E-state index contributed by atoms with van der Waals surface area (Å²) in [7, 11) is 0. The van der Waals surface area contributed by atoms with E-state index in [1.165, 1.54) is 27.1 Å². The molecule has 3 heterocycles. The smallest absolute Gasteiger partial charge is 0.164 e. The van der Waals surface area contributed by atoms with Crippen molar-refractivity contribution in [1.82, 2.24) is 19.5 Å². The zero-order chi connectivity index (χ0) is 34.2. The molecule has 5 nitrogen and oxygen atoms in total. The molecule has 8 aromatic carbocycles. The molecule has 2 aromatic heterocycles. The monoisotopic (exact) mass is 664 g/mol. The van der Waals surface area contributed by atoms with E-state index in [0.717, 1.165) is 61.3 Å². The van der Waals surface area contributed by atoms with Crippen LogP contribution in [0.2, 0.25) is 0 Å². The van der Waals surface area contributed by atoms with Gasteiger partial charge in [0.15, 0.2) is 17.5 Å². The predicted octanol–water partition coefficient (Wildman–Crippen LogP) is 12.0. The Hall–Kier alpha value is -7.11. The van der Waals surface area contributed by atoms with Crippen molar-refractivity contribution in [3.63, 3.8) is 0 Å². The van der Waals surface area contributed by atoms with Crippen LogP contribution in [-0.2, 0) is 0 Å². The second-order valence-corrected chi connectivity index (χ2v) is 13.2. The van der Waals surface area contributed by atoms with E-state index in [1.807, 2.05) is 60.7 Å². The van der Waals surface area contributed by atoms with Crippen molar-refractivity contribution in [2.24, 2.45) is 0 Å². The van der Waals surface area contributed by atoms with E-state index in [9.17, 15) is 0 Å². The zero-order valence-electron chi connectivity index (χ0n) is 27.9. The van der Waals surface area contributed by atoms with Crippen molar-refractivity contribution in [1.29, 1.82) is 0 Å². The normalized spacial score (nSPS) is 12.0. The summed E-state index contributed by atoms with van der Waals surface area (Å²) in [5, 5.41) is 7.00. The summed E-state index contributed by atoms with van der Waals surface area (Å²) in [6.45, 7) is 0. The van der Waals surface area contributed by atoms with Crippen LogP contribution in [0.25, 0.3) is 94.3 Å². The summed E-state index contributed by atoms with van der Waals surface area (Å²) in [5.41, 5.74) is 8.37. The lowest BCUT2D eigenvalue weighted by atomic mass is 9.92. The Kier molecular flexibility index (Phi) is 6.18. The number of hydrogen-bond donors (Lipinski definition) is 0. The van der Waals surface area contributed by atoms with Crippen molar-refractivity contribution >= 4 is 43.4 Å². The lowest BCUT2D eigenvalue weighted by molar-refractivity contribution is 0.487. The Bertz CT molecular complexity index is 2980. The third-order valence-electron chi connectivity index (χ3n) is 10.2. The Balaban J connectivity index is 1.08. The van der Waals surface area contributed by atoms with Crippen LogP contribution in [0.4, 0.5) is 0 Å². The van der Waals surface area contributed by atoms with Crippen molar-refractivity contribution in [3.05, 3.63) is 170 Å². The van der Waals surface area contributed by atoms with Crippen molar-refractivity contribution in [3.8, 4) is 62.5 Å². The highest BCUT2D eigenvalue weighted by molar-refractivity contribution is 6.14. The molecule has 0 radical (unpaired) electrons. The van der Waals surface area contributed by atoms with E-state index in [1.54, 1.807) is 0 Å². The van der Waals surface area contributed by atoms with Gasteiger partial charge in [-0.2, -0.15) is 0 Å². The number of fused-ring (bicyclic) bond motifs is 6. The highest BCUT2D eigenvalue weighted by Gasteiger charge is 2.24. The molecule has 0 saturated carbocycles. The molecule has 11 rings (SSSR count).